The van der Waals surface area contributed by atoms with Crippen LogP contribution in [-0.4, -0.2) is 28.6 Å². The second-order valence-corrected chi connectivity index (χ2v) is 4.38. The molecule has 0 spiro atoms. The second-order valence-electron chi connectivity index (χ2n) is 4.38. The SMILES string of the molecule is CCCCC(C)NC(=O)c1ncccc1C#CCO. The van der Waals surface area contributed by atoms with Gasteiger partial charge in [-0.15, -0.1) is 0 Å². The highest BCUT2D eigenvalue weighted by molar-refractivity contribution is 5.94. The van der Waals surface area contributed by atoms with Gasteiger partial charge in [-0.2, -0.15) is 0 Å². The molecule has 0 saturated heterocycles. The lowest BCUT2D eigenvalue weighted by Crippen LogP contribution is -2.33. The van der Waals surface area contributed by atoms with Gasteiger partial charge < -0.3 is 10.4 Å². The molecule has 1 amide bonds. The van der Waals surface area contributed by atoms with E-state index in [0.717, 1.165) is 19.3 Å². The van der Waals surface area contributed by atoms with E-state index in [0.29, 0.717) is 11.3 Å². The summed E-state index contributed by atoms with van der Waals surface area (Å²) < 4.78 is 0. The van der Waals surface area contributed by atoms with Crippen molar-refractivity contribution in [1.29, 1.82) is 0 Å². The predicted molar refractivity (Wildman–Crippen MR) is 74.7 cm³/mol. The molecule has 0 aliphatic rings. The molecule has 0 aliphatic heterocycles. The molecule has 4 nitrogen and oxygen atoms in total. The van der Waals surface area contributed by atoms with Gasteiger partial charge >= 0.3 is 0 Å². The van der Waals surface area contributed by atoms with Crippen LogP contribution in [0.2, 0.25) is 0 Å². The highest BCUT2D eigenvalue weighted by Gasteiger charge is 2.13. The Balaban J connectivity index is 2.76. The van der Waals surface area contributed by atoms with E-state index in [2.05, 4.69) is 29.1 Å². The summed E-state index contributed by atoms with van der Waals surface area (Å²) in [5.74, 6) is 5.05. The van der Waals surface area contributed by atoms with Crippen molar-refractivity contribution in [2.45, 2.75) is 39.2 Å². The molecule has 1 unspecified atom stereocenters. The van der Waals surface area contributed by atoms with Gasteiger partial charge in [-0.1, -0.05) is 31.6 Å². The zero-order valence-electron chi connectivity index (χ0n) is 11.4. The molecule has 0 aliphatic carbocycles. The fourth-order valence-electron chi connectivity index (χ4n) is 1.70. The summed E-state index contributed by atoms with van der Waals surface area (Å²) in [5, 5.41) is 11.6. The average molecular weight is 260 g/mol. The zero-order chi connectivity index (χ0) is 14.1. The van der Waals surface area contributed by atoms with Gasteiger partial charge in [-0.05, 0) is 25.5 Å². The Labute approximate surface area is 114 Å². The molecular formula is C15H20N2O2. The van der Waals surface area contributed by atoms with Crippen LogP contribution in [0.25, 0.3) is 0 Å². The molecule has 2 N–H and O–H groups in total. The number of rotatable bonds is 5. The molecule has 0 aromatic carbocycles. The second kappa shape index (κ2) is 8.28. The zero-order valence-corrected chi connectivity index (χ0v) is 11.4. The lowest BCUT2D eigenvalue weighted by atomic mass is 10.1. The van der Waals surface area contributed by atoms with Crippen molar-refractivity contribution >= 4 is 5.91 Å². The van der Waals surface area contributed by atoms with Crippen LogP contribution in [0.15, 0.2) is 18.3 Å². The Morgan fingerprint density at radius 3 is 3.05 bits per heavy atom. The number of aromatic nitrogens is 1. The van der Waals surface area contributed by atoms with Gasteiger partial charge in [-0.25, -0.2) is 4.98 Å². The third kappa shape index (κ3) is 5.11. The van der Waals surface area contributed by atoms with Crippen molar-refractivity contribution in [1.82, 2.24) is 10.3 Å². The van der Waals surface area contributed by atoms with E-state index in [1.165, 1.54) is 0 Å². The first-order valence-electron chi connectivity index (χ1n) is 6.54. The predicted octanol–water partition coefficient (Wildman–Crippen LogP) is 1.73. The number of carbonyl (C=O) groups is 1. The average Bonchev–Trinajstić information content (AvgIpc) is 2.43. The first-order chi connectivity index (χ1) is 9.19. The Morgan fingerprint density at radius 2 is 2.37 bits per heavy atom. The minimum atomic E-state index is -0.233. The number of aliphatic hydroxyl groups is 1. The summed E-state index contributed by atoms with van der Waals surface area (Å²) in [7, 11) is 0. The van der Waals surface area contributed by atoms with Crippen LogP contribution in [-0.2, 0) is 0 Å². The van der Waals surface area contributed by atoms with Crippen molar-refractivity contribution in [3.63, 3.8) is 0 Å². The lowest BCUT2D eigenvalue weighted by molar-refractivity contribution is 0.0932. The van der Waals surface area contributed by atoms with Crippen molar-refractivity contribution in [3.05, 3.63) is 29.6 Å². The normalized spacial score (nSPS) is 11.3. The lowest BCUT2D eigenvalue weighted by Gasteiger charge is -2.13. The van der Waals surface area contributed by atoms with Crippen LogP contribution in [0.5, 0.6) is 0 Å². The number of unbranched alkanes of at least 4 members (excludes halogenated alkanes) is 1. The molecule has 0 saturated carbocycles. The highest BCUT2D eigenvalue weighted by atomic mass is 16.2. The molecule has 0 bridgehead atoms. The minimum absolute atomic E-state index is 0.119. The summed E-state index contributed by atoms with van der Waals surface area (Å²) in [4.78, 5) is 16.2. The molecule has 1 atom stereocenters. The van der Waals surface area contributed by atoms with Crippen molar-refractivity contribution in [3.8, 4) is 11.8 Å². The molecular weight excluding hydrogens is 240 g/mol. The number of aliphatic hydroxyl groups excluding tert-OH is 1. The quantitative estimate of drug-likeness (QED) is 0.793. The minimum Gasteiger partial charge on any atom is -0.384 e. The van der Waals surface area contributed by atoms with E-state index in [1.54, 1.807) is 18.3 Å². The number of pyridine rings is 1. The fourth-order valence-corrected chi connectivity index (χ4v) is 1.70. The van der Waals surface area contributed by atoms with Gasteiger partial charge in [0.25, 0.3) is 5.91 Å². The Hall–Kier alpha value is -1.86. The van der Waals surface area contributed by atoms with Crippen molar-refractivity contribution < 1.29 is 9.90 Å². The molecule has 0 radical (unpaired) electrons. The largest absolute Gasteiger partial charge is 0.384 e. The maximum absolute atomic E-state index is 12.1. The highest BCUT2D eigenvalue weighted by Crippen LogP contribution is 2.06. The van der Waals surface area contributed by atoms with E-state index in [4.69, 9.17) is 5.11 Å². The van der Waals surface area contributed by atoms with E-state index < -0.39 is 0 Å². The van der Waals surface area contributed by atoms with Crippen LogP contribution in [0.3, 0.4) is 0 Å². The molecule has 1 heterocycles. The van der Waals surface area contributed by atoms with E-state index in [1.807, 2.05) is 6.92 Å². The number of hydrogen-bond donors (Lipinski definition) is 2. The maximum Gasteiger partial charge on any atom is 0.271 e. The van der Waals surface area contributed by atoms with Crippen molar-refractivity contribution in [2.75, 3.05) is 6.61 Å². The number of nitrogens with one attached hydrogen (secondary N) is 1. The summed E-state index contributed by atoms with van der Waals surface area (Å²) in [6.07, 6.45) is 4.71. The fraction of sp³-hybridized carbons (Fsp3) is 0.467. The van der Waals surface area contributed by atoms with Crippen LogP contribution in [0.4, 0.5) is 0 Å². The number of amides is 1. The third-order valence-corrected chi connectivity index (χ3v) is 2.69. The monoisotopic (exact) mass is 260 g/mol. The maximum atomic E-state index is 12.1. The third-order valence-electron chi connectivity index (χ3n) is 2.69. The standard InChI is InChI=1S/C15H20N2O2/c1-3-4-7-12(2)17-15(19)14-13(9-6-11-18)8-5-10-16-14/h5,8,10,12,18H,3-4,7,11H2,1-2H3,(H,17,19). The van der Waals surface area contributed by atoms with Crippen LogP contribution in [0, 0.1) is 11.8 Å². The van der Waals surface area contributed by atoms with E-state index in [9.17, 15) is 4.79 Å². The molecule has 1 rings (SSSR count). The van der Waals surface area contributed by atoms with Gasteiger partial charge in [-0.3, -0.25) is 4.79 Å². The molecule has 1 aromatic heterocycles. The Kier molecular flexibility index (Phi) is 6.62. The van der Waals surface area contributed by atoms with Gasteiger partial charge in [0.2, 0.25) is 0 Å². The molecule has 4 heteroatoms. The molecule has 1 aromatic rings. The van der Waals surface area contributed by atoms with Crippen LogP contribution >= 0.6 is 0 Å². The van der Waals surface area contributed by atoms with E-state index >= 15 is 0 Å². The molecule has 0 fully saturated rings. The Morgan fingerprint density at radius 1 is 1.58 bits per heavy atom. The van der Waals surface area contributed by atoms with E-state index in [-0.39, 0.29) is 18.6 Å². The number of hydrogen-bond acceptors (Lipinski definition) is 3. The van der Waals surface area contributed by atoms with Gasteiger partial charge in [0, 0.05) is 12.2 Å². The number of nitrogens with zero attached hydrogens (tertiary/aromatic N) is 1. The summed E-state index contributed by atoms with van der Waals surface area (Å²) >= 11 is 0. The molecule has 19 heavy (non-hydrogen) atoms. The first kappa shape index (κ1) is 15.2. The van der Waals surface area contributed by atoms with Crippen LogP contribution in [0.1, 0.15) is 49.2 Å². The topological polar surface area (TPSA) is 62.2 Å². The molecule has 102 valence electrons. The van der Waals surface area contributed by atoms with Crippen LogP contribution < -0.4 is 5.32 Å². The number of carbonyl (C=O) groups excluding carboxylic acids is 1. The van der Waals surface area contributed by atoms with Gasteiger partial charge in [0.15, 0.2) is 0 Å². The summed E-state index contributed by atoms with van der Waals surface area (Å²) in [6, 6.07) is 3.56. The van der Waals surface area contributed by atoms with Gasteiger partial charge in [0.05, 0.1) is 5.56 Å². The summed E-state index contributed by atoms with van der Waals surface area (Å²) in [5.41, 5.74) is 0.850. The van der Waals surface area contributed by atoms with Crippen molar-refractivity contribution in [2.24, 2.45) is 0 Å². The van der Waals surface area contributed by atoms with Gasteiger partial charge in [0.1, 0.15) is 12.3 Å². The first-order valence-corrected chi connectivity index (χ1v) is 6.54. The summed E-state index contributed by atoms with van der Waals surface area (Å²) in [6.45, 7) is 3.87. The smallest absolute Gasteiger partial charge is 0.271 e. The Bertz CT molecular complexity index is 475.